The molecule has 1 heterocycles. The van der Waals surface area contributed by atoms with Crippen LogP contribution in [0.4, 0.5) is 0 Å². The lowest BCUT2D eigenvalue weighted by atomic mass is 10.1. The average Bonchev–Trinajstić information content (AvgIpc) is 3.07. The molecule has 3 N–H and O–H groups in total. The molecule has 0 atom stereocenters. The van der Waals surface area contributed by atoms with Crippen molar-refractivity contribution in [3.63, 3.8) is 0 Å². The highest BCUT2D eigenvalue weighted by atomic mass is 16.5. The van der Waals surface area contributed by atoms with Crippen molar-refractivity contribution in [2.45, 2.75) is 18.8 Å². The molecule has 3 rings (SSSR count). The molecule has 0 amide bonds. The van der Waals surface area contributed by atoms with Gasteiger partial charge in [0.1, 0.15) is 12.4 Å². The first kappa shape index (κ1) is 9.66. The lowest BCUT2D eigenvalue weighted by molar-refractivity contribution is 0.328. The first-order chi connectivity index (χ1) is 7.88. The lowest BCUT2D eigenvalue weighted by Crippen LogP contribution is -2.10. The maximum absolute atomic E-state index is 5.47. The number of nitrogens with zero attached hydrogens (tertiary/aromatic N) is 1. The first-order valence-electron chi connectivity index (χ1n) is 5.69. The second-order valence-corrected chi connectivity index (χ2v) is 4.23. The summed E-state index contributed by atoms with van der Waals surface area (Å²) in [4.78, 5) is 0. The number of aromatic nitrogens is 2. The molecule has 1 saturated carbocycles. The van der Waals surface area contributed by atoms with Gasteiger partial charge in [0.25, 0.3) is 0 Å². The summed E-state index contributed by atoms with van der Waals surface area (Å²) in [5, 5.41) is 8.67. The second kappa shape index (κ2) is 3.79. The second-order valence-electron chi connectivity index (χ2n) is 4.23. The topological polar surface area (TPSA) is 63.9 Å². The number of hydrogen-bond acceptors (Lipinski definition) is 3. The highest BCUT2D eigenvalue weighted by Crippen LogP contribution is 2.42. The molecule has 1 aliphatic carbocycles. The molecular formula is C12H15N3O. The molecule has 0 bridgehead atoms. The van der Waals surface area contributed by atoms with Crippen LogP contribution in [0.2, 0.25) is 0 Å². The number of hydrogen-bond donors (Lipinski definition) is 2. The van der Waals surface area contributed by atoms with Crippen molar-refractivity contribution in [2.75, 3.05) is 13.2 Å². The SMILES string of the molecule is NCCOc1ccc2c(C3CC3)[nH]nc2c1. The Kier molecular flexibility index (Phi) is 2.29. The third-order valence-electron chi connectivity index (χ3n) is 2.93. The molecule has 0 radical (unpaired) electrons. The monoisotopic (exact) mass is 217 g/mol. The summed E-state index contributed by atoms with van der Waals surface area (Å²) >= 11 is 0. The van der Waals surface area contributed by atoms with Gasteiger partial charge >= 0.3 is 0 Å². The summed E-state index contributed by atoms with van der Waals surface area (Å²) in [6, 6.07) is 6.03. The molecule has 16 heavy (non-hydrogen) atoms. The minimum atomic E-state index is 0.534. The van der Waals surface area contributed by atoms with Crippen LogP contribution in [0.15, 0.2) is 18.2 Å². The third-order valence-corrected chi connectivity index (χ3v) is 2.93. The minimum absolute atomic E-state index is 0.534. The summed E-state index contributed by atoms with van der Waals surface area (Å²) < 4.78 is 5.47. The fraction of sp³-hybridized carbons (Fsp3) is 0.417. The quantitative estimate of drug-likeness (QED) is 0.820. The first-order valence-corrected chi connectivity index (χ1v) is 5.69. The molecule has 1 aliphatic rings. The average molecular weight is 217 g/mol. The number of fused-ring (bicyclic) bond motifs is 1. The maximum Gasteiger partial charge on any atom is 0.121 e. The predicted octanol–water partition coefficient (Wildman–Crippen LogP) is 1.78. The van der Waals surface area contributed by atoms with Gasteiger partial charge in [-0.2, -0.15) is 5.10 Å². The van der Waals surface area contributed by atoms with Crippen molar-refractivity contribution in [1.29, 1.82) is 0 Å². The molecule has 0 unspecified atom stereocenters. The van der Waals surface area contributed by atoms with Gasteiger partial charge in [0.15, 0.2) is 0 Å². The minimum Gasteiger partial charge on any atom is -0.492 e. The van der Waals surface area contributed by atoms with Crippen LogP contribution in [0.5, 0.6) is 5.75 Å². The Bertz CT molecular complexity index is 502. The van der Waals surface area contributed by atoms with Crippen molar-refractivity contribution < 1.29 is 4.74 Å². The smallest absolute Gasteiger partial charge is 0.121 e. The number of rotatable bonds is 4. The van der Waals surface area contributed by atoms with E-state index in [-0.39, 0.29) is 0 Å². The number of aromatic amines is 1. The predicted molar refractivity (Wildman–Crippen MR) is 62.6 cm³/mol. The van der Waals surface area contributed by atoms with Gasteiger partial charge < -0.3 is 10.5 Å². The van der Waals surface area contributed by atoms with Crippen molar-refractivity contribution in [3.8, 4) is 5.75 Å². The Morgan fingerprint density at radius 1 is 1.44 bits per heavy atom. The molecular weight excluding hydrogens is 202 g/mol. The maximum atomic E-state index is 5.47. The van der Waals surface area contributed by atoms with Gasteiger partial charge in [-0.15, -0.1) is 0 Å². The largest absolute Gasteiger partial charge is 0.492 e. The number of nitrogens with one attached hydrogen (secondary N) is 1. The van der Waals surface area contributed by atoms with Crippen LogP contribution < -0.4 is 10.5 Å². The molecule has 84 valence electrons. The zero-order valence-corrected chi connectivity index (χ0v) is 9.07. The van der Waals surface area contributed by atoms with Crippen molar-refractivity contribution in [2.24, 2.45) is 5.73 Å². The fourth-order valence-corrected chi connectivity index (χ4v) is 1.96. The van der Waals surface area contributed by atoms with Gasteiger partial charge in [-0.3, -0.25) is 5.10 Å². The van der Waals surface area contributed by atoms with Gasteiger partial charge in [-0.05, 0) is 25.0 Å². The molecule has 4 heteroatoms. The summed E-state index contributed by atoms with van der Waals surface area (Å²) in [7, 11) is 0. The molecule has 1 fully saturated rings. The molecule has 1 aromatic carbocycles. The Balaban J connectivity index is 1.93. The lowest BCUT2D eigenvalue weighted by Gasteiger charge is -2.03. The van der Waals surface area contributed by atoms with Gasteiger partial charge in [0.05, 0.1) is 5.52 Å². The molecule has 0 spiro atoms. The highest BCUT2D eigenvalue weighted by molar-refractivity contribution is 5.83. The van der Waals surface area contributed by atoms with Crippen LogP contribution >= 0.6 is 0 Å². The number of benzene rings is 1. The zero-order chi connectivity index (χ0) is 11.0. The Labute approximate surface area is 93.8 Å². The molecule has 0 saturated heterocycles. The van der Waals surface area contributed by atoms with Crippen LogP contribution in [0.1, 0.15) is 24.5 Å². The Hall–Kier alpha value is -1.55. The van der Waals surface area contributed by atoms with E-state index in [1.165, 1.54) is 23.9 Å². The van der Waals surface area contributed by atoms with E-state index in [9.17, 15) is 0 Å². The van der Waals surface area contributed by atoms with E-state index in [0.717, 1.165) is 11.3 Å². The van der Waals surface area contributed by atoms with E-state index < -0.39 is 0 Å². The number of H-pyrrole nitrogens is 1. The van der Waals surface area contributed by atoms with Crippen LogP contribution in [0, 0.1) is 0 Å². The summed E-state index contributed by atoms with van der Waals surface area (Å²) in [5.74, 6) is 1.53. The van der Waals surface area contributed by atoms with E-state index in [2.05, 4.69) is 16.3 Å². The Morgan fingerprint density at radius 3 is 3.06 bits per heavy atom. The van der Waals surface area contributed by atoms with Crippen molar-refractivity contribution in [3.05, 3.63) is 23.9 Å². The summed E-state index contributed by atoms with van der Waals surface area (Å²) in [6.07, 6.45) is 2.56. The van der Waals surface area contributed by atoms with E-state index in [1.54, 1.807) is 0 Å². The standard InChI is InChI=1S/C12H15N3O/c13-5-6-16-9-3-4-10-11(7-9)14-15-12(10)8-1-2-8/h3-4,7-8H,1-2,5-6,13H2,(H,14,15). The van der Waals surface area contributed by atoms with Gasteiger partial charge in [0.2, 0.25) is 0 Å². The zero-order valence-electron chi connectivity index (χ0n) is 9.07. The molecule has 0 aliphatic heterocycles. The van der Waals surface area contributed by atoms with Crippen LogP contribution in [-0.2, 0) is 0 Å². The highest BCUT2D eigenvalue weighted by Gasteiger charge is 2.27. The van der Waals surface area contributed by atoms with Gasteiger partial charge in [-0.25, -0.2) is 0 Å². The van der Waals surface area contributed by atoms with Crippen molar-refractivity contribution >= 4 is 10.9 Å². The summed E-state index contributed by atoms with van der Waals surface area (Å²) in [6.45, 7) is 1.08. The van der Waals surface area contributed by atoms with E-state index >= 15 is 0 Å². The van der Waals surface area contributed by atoms with Gasteiger partial charge in [-0.1, -0.05) is 0 Å². The van der Waals surface area contributed by atoms with E-state index in [1.807, 2.05) is 12.1 Å². The fourth-order valence-electron chi connectivity index (χ4n) is 1.96. The normalized spacial score (nSPS) is 15.6. The van der Waals surface area contributed by atoms with E-state index in [0.29, 0.717) is 19.1 Å². The van der Waals surface area contributed by atoms with Crippen LogP contribution in [0.3, 0.4) is 0 Å². The Morgan fingerprint density at radius 2 is 2.31 bits per heavy atom. The van der Waals surface area contributed by atoms with E-state index in [4.69, 9.17) is 10.5 Å². The van der Waals surface area contributed by atoms with Crippen molar-refractivity contribution in [1.82, 2.24) is 10.2 Å². The summed E-state index contributed by atoms with van der Waals surface area (Å²) in [5.41, 5.74) is 7.66. The number of ether oxygens (including phenoxy) is 1. The van der Waals surface area contributed by atoms with Crippen LogP contribution in [0.25, 0.3) is 10.9 Å². The third kappa shape index (κ3) is 1.65. The van der Waals surface area contributed by atoms with Gasteiger partial charge in [0, 0.05) is 29.6 Å². The number of nitrogens with two attached hydrogens (primary N) is 1. The molecule has 4 nitrogen and oxygen atoms in total. The van der Waals surface area contributed by atoms with Crippen LogP contribution in [-0.4, -0.2) is 23.3 Å². The molecule has 1 aromatic heterocycles. The molecule has 2 aromatic rings.